The number of benzene rings is 2. The van der Waals surface area contributed by atoms with Crippen molar-refractivity contribution in [1.82, 2.24) is 14.5 Å². The third-order valence-corrected chi connectivity index (χ3v) is 3.93. The Morgan fingerprint density at radius 2 is 2.04 bits per heavy atom. The summed E-state index contributed by atoms with van der Waals surface area (Å²) in [6.07, 6.45) is 0. The Morgan fingerprint density at radius 1 is 1.21 bits per heavy atom. The van der Waals surface area contributed by atoms with Crippen LogP contribution in [0.1, 0.15) is 10.4 Å². The van der Waals surface area contributed by atoms with Gasteiger partial charge in [-0.2, -0.15) is 4.98 Å². The molecular weight excluding hydrogens is 332 g/mol. The molecule has 0 atom stereocenters. The number of hydrogen-bond donors (Lipinski definition) is 2. The number of carbonyl (C=O) groups is 1. The van der Waals surface area contributed by atoms with Crippen LogP contribution in [0.5, 0.6) is 0 Å². The number of aromatic carboxylic acids is 1. The van der Waals surface area contributed by atoms with Crippen LogP contribution >= 0.6 is 11.6 Å². The highest BCUT2D eigenvalue weighted by Crippen LogP contribution is 2.26. The zero-order chi connectivity index (χ0) is 16.8. The SMILES string of the molecule is Cn1c(Nc2nc3ccc(Cl)cc3o2)nc2cc(C(=O)O)ccc21. The van der Waals surface area contributed by atoms with Gasteiger partial charge in [0, 0.05) is 18.1 Å². The molecule has 0 bridgehead atoms. The van der Waals surface area contributed by atoms with Crippen molar-refractivity contribution in [2.24, 2.45) is 7.05 Å². The van der Waals surface area contributed by atoms with Crippen LogP contribution < -0.4 is 5.32 Å². The molecule has 0 saturated carbocycles. The number of carboxylic acids is 1. The fourth-order valence-electron chi connectivity index (χ4n) is 2.49. The van der Waals surface area contributed by atoms with Gasteiger partial charge in [0.25, 0.3) is 0 Å². The van der Waals surface area contributed by atoms with E-state index < -0.39 is 5.97 Å². The molecule has 4 rings (SSSR count). The average molecular weight is 343 g/mol. The Bertz CT molecular complexity index is 1100. The lowest BCUT2D eigenvalue weighted by Gasteiger charge is -2.01. The number of halogens is 1. The smallest absolute Gasteiger partial charge is 0.335 e. The van der Waals surface area contributed by atoms with Gasteiger partial charge in [-0.05, 0) is 30.3 Å². The summed E-state index contributed by atoms with van der Waals surface area (Å²) < 4.78 is 7.41. The number of nitrogens with one attached hydrogen (secondary N) is 1. The van der Waals surface area contributed by atoms with Crippen molar-refractivity contribution in [2.75, 3.05) is 5.32 Å². The zero-order valence-corrected chi connectivity index (χ0v) is 13.2. The summed E-state index contributed by atoms with van der Waals surface area (Å²) in [5.41, 5.74) is 2.79. The maximum absolute atomic E-state index is 11.1. The molecule has 0 amide bonds. The van der Waals surface area contributed by atoms with Gasteiger partial charge < -0.3 is 14.1 Å². The van der Waals surface area contributed by atoms with Gasteiger partial charge in [0.15, 0.2) is 5.58 Å². The van der Waals surface area contributed by atoms with Crippen LogP contribution in [0.25, 0.3) is 22.1 Å². The van der Waals surface area contributed by atoms with Gasteiger partial charge >= 0.3 is 12.0 Å². The zero-order valence-electron chi connectivity index (χ0n) is 12.4. The van der Waals surface area contributed by atoms with Crippen molar-refractivity contribution in [2.45, 2.75) is 0 Å². The molecule has 0 aliphatic rings. The molecule has 4 aromatic rings. The van der Waals surface area contributed by atoms with Gasteiger partial charge in [-0.15, -0.1) is 0 Å². The highest BCUT2D eigenvalue weighted by Gasteiger charge is 2.13. The molecule has 8 heteroatoms. The summed E-state index contributed by atoms with van der Waals surface area (Å²) in [4.78, 5) is 19.8. The first-order chi connectivity index (χ1) is 11.5. The second-order valence-corrected chi connectivity index (χ2v) is 5.70. The first kappa shape index (κ1) is 14.5. The lowest BCUT2D eigenvalue weighted by atomic mass is 10.2. The second kappa shape index (κ2) is 5.24. The van der Waals surface area contributed by atoms with Crippen LogP contribution in [-0.2, 0) is 7.05 Å². The van der Waals surface area contributed by atoms with Crippen molar-refractivity contribution in [3.63, 3.8) is 0 Å². The highest BCUT2D eigenvalue weighted by molar-refractivity contribution is 6.31. The molecule has 0 radical (unpaired) electrons. The van der Waals surface area contributed by atoms with E-state index in [1.54, 1.807) is 28.8 Å². The maximum Gasteiger partial charge on any atom is 0.335 e. The number of imidazole rings is 1. The van der Waals surface area contributed by atoms with Crippen LogP contribution in [0.4, 0.5) is 12.0 Å². The predicted molar refractivity (Wildman–Crippen MR) is 90.0 cm³/mol. The summed E-state index contributed by atoms with van der Waals surface area (Å²) in [6, 6.07) is 10.2. The maximum atomic E-state index is 11.1. The molecule has 24 heavy (non-hydrogen) atoms. The van der Waals surface area contributed by atoms with Crippen molar-refractivity contribution in [1.29, 1.82) is 0 Å². The highest BCUT2D eigenvalue weighted by atomic mass is 35.5. The van der Waals surface area contributed by atoms with E-state index >= 15 is 0 Å². The topological polar surface area (TPSA) is 93.2 Å². The van der Waals surface area contributed by atoms with Crippen molar-refractivity contribution in [3.8, 4) is 0 Å². The molecule has 0 unspecified atom stereocenters. The quantitative estimate of drug-likeness (QED) is 0.588. The summed E-state index contributed by atoms with van der Waals surface area (Å²) in [6.45, 7) is 0. The van der Waals surface area contributed by atoms with Crippen molar-refractivity contribution < 1.29 is 14.3 Å². The summed E-state index contributed by atoms with van der Waals surface area (Å²) in [5, 5.41) is 12.6. The summed E-state index contributed by atoms with van der Waals surface area (Å²) in [7, 11) is 1.82. The number of hydrogen-bond acceptors (Lipinski definition) is 5. The van der Waals surface area contributed by atoms with Gasteiger partial charge in [0.05, 0.1) is 16.6 Å². The third kappa shape index (κ3) is 2.35. The number of carboxylic acid groups (broad SMARTS) is 1. The minimum absolute atomic E-state index is 0.184. The molecule has 0 fully saturated rings. The minimum atomic E-state index is -0.993. The Kier molecular flexibility index (Phi) is 3.17. The number of fused-ring (bicyclic) bond motifs is 2. The standard InChI is InChI=1S/C16H11ClN4O3/c1-21-12-5-2-8(14(22)23)6-11(12)18-15(21)20-16-19-10-4-3-9(17)7-13(10)24-16/h2-7H,1H3,(H,22,23)(H,18,19,20). The number of oxazole rings is 1. The first-order valence-electron chi connectivity index (χ1n) is 7.04. The number of anilines is 2. The van der Waals surface area contributed by atoms with Crippen LogP contribution in [0.3, 0.4) is 0 Å². The molecule has 120 valence electrons. The second-order valence-electron chi connectivity index (χ2n) is 5.26. The van der Waals surface area contributed by atoms with E-state index in [4.69, 9.17) is 21.1 Å². The Hall–Kier alpha value is -3.06. The molecule has 2 aromatic carbocycles. The molecule has 0 spiro atoms. The van der Waals surface area contributed by atoms with Gasteiger partial charge in [0.1, 0.15) is 5.52 Å². The van der Waals surface area contributed by atoms with Crippen LogP contribution in [0, 0.1) is 0 Å². The normalized spacial score (nSPS) is 11.2. The van der Waals surface area contributed by atoms with E-state index in [0.717, 1.165) is 5.52 Å². The number of aromatic nitrogens is 3. The molecule has 0 saturated heterocycles. The predicted octanol–water partition coefficient (Wildman–Crippen LogP) is 3.81. The van der Waals surface area contributed by atoms with Gasteiger partial charge in [-0.3, -0.25) is 5.32 Å². The summed E-state index contributed by atoms with van der Waals surface area (Å²) >= 11 is 5.93. The van der Waals surface area contributed by atoms with E-state index in [9.17, 15) is 4.79 Å². The average Bonchev–Trinajstić information content (AvgIpc) is 3.08. The monoisotopic (exact) mass is 342 g/mol. The van der Waals surface area contributed by atoms with Crippen molar-refractivity contribution >= 4 is 51.7 Å². The molecule has 0 aliphatic heterocycles. The van der Waals surface area contributed by atoms with Crippen LogP contribution in [-0.4, -0.2) is 25.6 Å². The number of nitrogens with zero attached hydrogens (tertiary/aromatic N) is 3. The summed E-state index contributed by atoms with van der Waals surface area (Å²) in [5.74, 6) is -0.502. The van der Waals surface area contributed by atoms with E-state index in [0.29, 0.717) is 27.6 Å². The van der Waals surface area contributed by atoms with Crippen LogP contribution in [0.2, 0.25) is 5.02 Å². The minimum Gasteiger partial charge on any atom is -0.478 e. The number of rotatable bonds is 3. The fourth-order valence-corrected chi connectivity index (χ4v) is 2.65. The number of aryl methyl sites for hydroxylation is 1. The molecule has 2 aromatic heterocycles. The van der Waals surface area contributed by atoms with Gasteiger partial charge in [0.2, 0.25) is 5.95 Å². The lowest BCUT2D eigenvalue weighted by Crippen LogP contribution is -1.99. The largest absolute Gasteiger partial charge is 0.478 e. The van der Waals surface area contributed by atoms with Gasteiger partial charge in [-0.25, -0.2) is 9.78 Å². The fraction of sp³-hybridized carbons (Fsp3) is 0.0625. The van der Waals surface area contributed by atoms with Crippen molar-refractivity contribution in [3.05, 3.63) is 47.0 Å². The van der Waals surface area contributed by atoms with Gasteiger partial charge in [-0.1, -0.05) is 11.6 Å². The third-order valence-electron chi connectivity index (χ3n) is 3.70. The van der Waals surface area contributed by atoms with E-state index in [1.165, 1.54) is 12.1 Å². The molecular formula is C16H11ClN4O3. The van der Waals surface area contributed by atoms with Crippen LogP contribution in [0.15, 0.2) is 40.8 Å². The molecule has 7 nitrogen and oxygen atoms in total. The molecule has 2 N–H and O–H groups in total. The van der Waals surface area contributed by atoms with E-state index in [1.807, 2.05) is 7.05 Å². The Labute approximate surface area is 140 Å². The molecule has 0 aliphatic carbocycles. The van der Waals surface area contributed by atoms with E-state index in [-0.39, 0.29) is 11.6 Å². The first-order valence-corrected chi connectivity index (χ1v) is 7.42. The van der Waals surface area contributed by atoms with E-state index in [2.05, 4.69) is 15.3 Å². The Morgan fingerprint density at radius 3 is 2.83 bits per heavy atom. The lowest BCUT2D eigenvalue weighted by molar-refractivity contribution is 0.0697. The Balaban J connectivity index is 1.75. The molecule has 2 heterocycles.